The lowest BCUT2D eigenvalue weighted by molar-refractivity contribution is -0.385. The molecule has 0 aliphatic carbocycles. The van der Waals surface area contributed by atoms with Gasteiger partial charge in [0.15, 0.2) is 0 Å². The van der Waals surface area contributed by atoms with Gasteiger partial charge in [-0.25, -0.2) is 4.98 Å². The molecule has 1 aromatic heterocycles. The number of piperidine rings is 1. The van der Waals surface area contributed by atoms with Gasteiger partial charge in [0.25, 0.3) is 5.69 Å². The van der Waals surface area contributed by atoms with Crippen LogP contribution in [0.15, 0.2) is 12.3 Å². The highest BCUT2D eigenvalue weighted by Crippen LogP contribution is 2.30. The van der Waals surface area contributed by atoms with Crippen molar-refractivity contribution in [2.45, 2.75) is 44.7 Å². The number of fused-ring (bicyclic) bond motifs is 1. The minimum atomic E-state index is -0.401. The largest absolute Gasteiger partial charge is 0.365 e. The first kappa shape index (κ1) is 13.3. The van der Waals surface area contributed by atoms with Crippen LogP contribution in [0.3, 0.4) is 0 Å². The van der Waals surface area contributed by atoms with Gasteiger partial charge in [-0.1, -0.05) is 6.42 Å². The zero-order valence-corrected chi connectivity index (χ0v) is 11.7. The fraction of sp³-hybridized carbons (Fsp3) is 0.643. The number of hydrogen-bond acceptors (Lipinski definition) is 5. The third-order valence-corrected chi connectivity index (χ3v) is 4.45. The molecule has 0 saturated carbocycles. The van der Waals surface area contributed by atoms with Crippen LogP contribution in [0, 0.1) is 17.0 Å². The summed E-state index contributed by atoms with van der Waals surface area (Å²) in [6, 6.07) is 2.60. The molecule has 6 heteroatoms. The molecule has 20 heavy (non-hydrogen) atoms. The van der Waals surface area contributed by atoms with Gasteiger partial charge in [-0.05, 0) is 38.3 Å². The van der Waals surface area contributed by atoms with Crippen molar-refractivity contribution in [3.63, 3.8) is 0 Å². The maximum Gasteiger partial charge on any atom is 0.287 e. The topological polar surface area (TPSA) is 71.3 Å². The Morgan fingerprint density at radius 1 is 1.40 bits per heavy atom. The van der Waals surface area contributed by atoms with Crippen molar-refractivity contribution < 1.29 is 4.92 Å². The Balaban J connectivity index is 1.73. The zero-order valence-electron chi connectivity index (χ0n) is 11.7. The molecule has 1 aromatic rings. The van der Waals surface area contributed by atoms with E-state index >= 15 is 0 Å². The van der Waals surface area contributed by atoms with Crippen LogP contribution in [-0.4, -0.2) is 40.0 Å². The summed E-state index contributed by atoms with van der Waals surface area (Å²) >= 11 is 0. The van der Waals surface area contributed by atoms with Gasteiger partial charge in [-0.15, -0.1) is 0 Å². The van der Waals surface area contributed by atoms with E-state index in [0.717, 1.165) is 24.3 Å². The van der Waals surface area contributed by atoms with Gasteiger partial charge < -0.3 is 5.32 Å². The molecule has 0 amide bonds. The Morgan fingerprint density at radius 2 is 2.25 bits per heavy atom. The van der Waals surface area contributed by atoms with Crippen molar-refractivity contribution in [3.8, 4) is 0 Å². The molecule has 0 bridgehead atoms. The quantitative estimate of drug-likeness (QED) is 0.677. The van der Waals surface area contributed by atoms with Crippen LogP contribution in [-0.2, 0) is 0 Å². The Hall–Kier alpha value is -1.69. The standard InChI is InChI=1S/C14H20N4O2/c1-10-8-11(18(19)20)9-15-14(10)16-12-5-7-17-6-3-2-4-13(12)17/h8-9,12-13H,2-7H2,1H3,(H,15,16). The predicted octanol–water partition coefficient (Wildman–Crippen LogP) is 2.34. The first-order chi connectivity index (χ1) is 9.65. The second kappa shape index (κ2) is 5.36. The number of aryl methyl sites for hydroxylation is 1. The van der Waals surface area contributed by atoms with Crippen LogP contribution in [0.1, 0.15) is 31.2 Å². The lowest BCUT2D eigenvalue weighted by atomic mass is 9.99. The molecule has 3 rings (SSSR count). The number of nitrogens with one attached hydrogen (secondary N) is 1. The van der Waals surface area contributed by atoms with Gasteiger partial charge in [-0.3, -0.25) is 15.0 Å². The second-order valence-corrected chi connectivity index (χ2v) is 5.75. The van der Waals surface area contributed by atoms with Crippen molar-refractivity contribution in [2.75, 3.05) is 18.4 Å². The average molecular weight is 276 g/mol. The summed E-state index contributed by atoms with van der Waals surface area (Å²) in [5.41, 5.74) is 0.896. The summed E-state index contributed by atoms with van der Waals surface area (Å²) in [7, 11) is 0. The van der Waals surface area contributed by atoms with Crippen LogP contribution in [0.2, 0.25) is 0 Å². The van der Waals surface area contributed by atoms with E-state index in [1.54, 1.807) is 6.07 Å². The lowest BCUT2D eigenvalue weighted by Gasteiger charge is -2.32. The number of anilines is 1. The molecule has 2 aliphatic heterocycles. The summed E-state index contributed by atoms with van der Waals surface area (Å²) in [6.45, 7) is 4.22. The van der Waals surface area contributed by atoms with Gasteiger partial charge in [0.2, 0.25) is 0 Å². The smallest absolute Gasteiger partial charge is 0.287 e. The van der Waals surface area contributed by atoms with Crippen LogP contribution in [0.5, 0.6) is 0 Å². The average Bonchev–Trinajstić information content (AvgIpc) is 2.84. The summed E-state index contributed by atoms with van der Waals surface area (Å²) in [5.74, 6) is 0.785. The maximum absolute atomic E-state index is 10.7. The second-order valence-electron chi connectivity index (χ2n) is 5.75. The van der Waals surface area contributed by atoms with Crippen LogP contribution in [0.4, 0.5) is 11.5 Å². The zero-order chi connectivity index (χ0) is 14.1. The Kier molecular flexibility index (Phi) is 3.56. The van der Waals surface area contributed by atoms with Gasteiger partial charge in [0.1, 0.15) is 12.0 Å². The third-order valence-electron chi connectivity index (χ3n) is 4.45. The summed E-state index contributed by atoms with van der Waals surface area (Å²) in [4.78, 5) is 17.1. The number of hydrogen-bond donors (Lipinski definition) is 1. The highest BCUT2D eigenvalue weighted by molar-refractivity contribution is 5.49. The van der Waals surface area contributed by atoms with Crippen molar-refractivity contribution >= 4 is 11.5 Å². The molecule has 2 unspecified atom stereocenters. The Labute approximate surface area is 118 Å². The minimum Gasteiger partial charge on any atom is -0.365 e. The SMILES string of the molecule is Cc1cc([N+](=O)[O-])cnc1NC1CCN2CCCCC12. The molecule has 6 nitrogen and oxygen atoms in total. The molecule has 2 fully saturated rings. The lowest BCUT2D eigenvalue weighted by Crippen LogP contribution is -2.41. The van der Waals surface area contributed by atoms with E-state index in [9.17, 15) is 10.1 Å². The van der Waals surface area contributed by atoms with Crippen molar-refractivity contribution in [1.82, 2.24) is 9.88 Å². The first-order valence-corrected chi connectivity index (χ1v) is 7.27. The van der Waals surface area contributed by atoms with E-state index in [2.05, 4.69) is 15.2 Å². The highest BCUT2D eigenvalue weighted by atomic mass is 16.6. The van der Waals surface area contributed by atoms with E-state index < -0.39 is 4.92 Å². The van der Waals surface area contributed by atoms with Crippen LogP contribution < -0.4 is 5.32 Å². The van der Waals surface area contributed by atoms with Gasteiger partial charge in [-0.2, -0.15) is 0 Å². The molecule has 0 radical (unpaired) electrons. The molecule has 108 valence electrons. The number of nitro groups is 1. The van der Waals surface area contributed by atoms with Gasteiger partial charge in [0.05, 0.1) is 4.92 Å². The van der Waals surface area contributed by atoms with E-state index in [1.165, 1.54) is 32.0 Å². The van der Waals surface area contributed by atoms with Gasteiger partial charge >= 0.3 is 0 Å². The summed E-state index contributed by atoms with van der Waals surface area (Å²) in [5, 5.41) is 14.2. The number of nitrogens with zero attached hydrogens (tertiary/aromatic N) is 3. The number of aromatic nitrogens is 1. The Bertz CT molecular complexity index is 520. The van der Waals surface area contributed by atoms with Crippen molar-refractivity contribution in [3.05, 3.63) is 27.9 Å². The molecule has 0 spiro atoms. The molecule has 0 aromatic carbocycles. The third kappa shape index (κ3) is 2.47. The molecule has 3 heterocycles. The minimum absolute atomic E-state index is 0.0544. The van der Waals surface area contributed by atoms with Gasteiger partial charge in [0, 0.05) is 24.7 Å². The monoisotopic (exact) mass is 276 g/mol. The fourth-order valence-electron chi connectivity index (χ4n) is 3.40. The van der Waals surface area contributed by atoms with Crippen LogP contribution in [0.25, 0.3) is 0 Å². The Morgan fingerprint density at radius 3 is 3.00 bits per heavy atom. The van der Waals surface area contributed by atoms with E-state index in [1.807, 2.05) is 6.92 Å². The first-order valence-electron chi connectivity index (χ1n) is 7.27. The predicted molar refractivity (Wildman–Crippen MR) is 76.9 cm³/mol. The molecule has 1 N–H and O–H groups in total. The van der Waals surface area contributed by atoms with E-state index in [-0.39, 0.29) is 5.69 Å². The molecular formula is C14H20N4O2. The van der Waals surface area contributed by atoms with Crippen molar-refractivity contribution in [1.29, 1.82) is 0 Å². The molecule has 2 saturated heterocycles. The maximum atomic E-state index is 10.7. The van der Waals surface area contributed by atoms with Crippen LogP contribution >= 0.6 is 0 Å². The highest BCUT2D eigenvalue weighted by Gasteiger charge is 2.35. The van der Waals surface area contributed by atoms with E-state index in [0.29, 0.717) is 12.1 Å². The van der Waals surface area contributed by atoms with E-state index in [4.69, 9.17) is 0 Å². The summed E-state index contributed by atoms with van der Waals surface area (Å²) in [6.07, 6.45) is 6.31. The number of rotatable bonds is 3. The normalized spacial score (nSPS) is 26.2. The van der Waals surface area contributed by atoms with Crippen molar-refractivity contribution in [2.24, 2.45) is 0 Å². The fourth-order valence-corrected chi connectivity index (χ4v) is 3.40. The molecular weight excluding hydrogens is 256 g/mol. The molecule has 2 atom stereocenters. The number of pyridine rings is 1. The molecule has 2 aliphatic rings. The summed E-state index contributed by atoms with van der Waals surface area (Å²) < 4.78 is 0.